The van der Waals surface area contributed by atoms with Gasteiger partial charge in [-0.3, -0.25) is 9.78 Å². The smallest absolute Gasteiger partial charge is 0.164 e. The Hall–Kier alpha value is -3.14. The van der Waals surface area contributed by atoms with Gasteiger partial charge in [0.25, 0.3) is 0 Å². The van der Waals surface area contributed by atoms with Crippen molar-refractivity contribution < 1.29 is 30.0 Å². The van der Waals surface area contributed by atoms with Gasteiger partial charge >= 0.3 is 0 Å². The number of carbonyl (C=O) groups excluding carboxylic acids is 1. The molecule has 0 spiro atoms. The first-order chi connectivity index (χ1) is 22.1. The first kappa shape index (κ1) is 41.0. The van der Waals surface area contributed by atoms with Gasteiger partial charge in [0.15, 0.2) is 5.78 Å². The van der Waals surface area contributed by atoms with Crippen LogP contribution < -0.4 is 0 Å². The Morgan fingerprint density at radius 3 is 1.92 bits per heavy atom. The monoisotopic (exact) mass is 826 g/mol. The quantitative estimate of drug-likeness (QED) is 0.0929. The Balaban J connectivity index is 0.000000384. The molecule has 1 radical (unpaired) electrons. The van der Waals surface area contributed by atoms with Crippen molar-refractivity contribution in [2.24, 2.45) is 16.7 Å². The maximum absolute atomic E-state index is 12.2. The number of rotatable bonds is 11. The van der Waals surface area contributed by atoms with E-state index in [0.717, 1.165) is 60.0 Å². The third-order valence-electron chi connectivity index (χ3n) is 10.0. The number of nitrogens with zero attached hydrogens (tertiary/aromatic N) is 2. The Morgan fingerprint density at radius 1 is 0.812 bits per heavy atom. The van der Waals surface area contributed by atoms with E-state index in [4.69, 9.17) is 0 Å². The molecule has 3 aromatic carbocycles. The molecule has 48 heavy (non-hydrogen) atoms. The van der Waals surface area contributed by atoms with Gasteiger partial charge < -0.3 is 5.11 Å². The van der Waals surface area contributed by atoms with E-state index in [2.05, 4.69) is 111 Å². The Labute approximate surface area is 304 Å². The molecule has 1 aromatic heterocycles. The number of aliphatic hydroxyl groups is 1. The topological polar surface area (TPSA) is 63.1 Å². The maximum Gasteiger partial charge on any atom is 0.164 e. The van der Waals surface area contributed by atoms with Crippen molar-refractivity contribution in [3.05, 3.63) is 96.0 Å². The van der Waals surface area contributed by atoms with Gasteiger partial charge in [0.05, 0.1) is 5.69 Å². The van der Waals surface area contributed by atoms with E-state index in [-0.39, 0.29) is 47.9 Å². The Bertz CT molecular complexity index is 1660. The molecule has 0 saturated carbocycles. The summed E-state index contributed by atoms with van der Waals surface area (Å²) in [5.41, 5.74) is 6.07. The third-order valence-corrected chi connectivity index (χ3v) is 10.0. The molecule has 261 valence electrons. The summed E-state index contributed by atoms with van der Waals surface area (Å²) in [6.45, 7) is 23.3. The first-order valence-electron chi connectivity index (χ1n) is 17.4. The summed E-state index contributed by atoms with van der Waals surface area (Å²) in [7, 11) is 0. The zero-order valence-electron chi connectivity index (χ0n) is 31.1. The van der Waals surface area contributed by atoms with Crippen molar-refractivity contribution in [2.75, 3.05) is 0 Å². The van der Waals surface area contributed by atoms with Crippen molar-refractivity contribution in [2.45, 2.75) is 114 Å². The fourth-order valence-electron chi connectivity index (χ4n) is 5.62. The molecule has 1 heterocycles. The first-order valence-corrected chi connectivity index (χ1v) is 17.4. The molecule has 0 atom stereocenters. The Kier molecular flexibility index (Phi) is 15.0. The molecule has 4 rings (SSSR count). The number of aliphatic hydroxyl groups excluding tert-OH is 1. The molecule has 0 aliphatic heterocycles. The van der Waals surface area contributed by atoms with Gasteiger partial charge in [-0.15, -0.1) is 29.1 Å². The average molecular weight is 826 g/mol. The van der Waals surface area contributed by atoms with Crippen LogP contribution in [0.25, 0.3) is 33.3 Å². The number of hydrogen-bond donors (Lipinski definition) is 1. The normalized spacial score (nSPS) is 12.4. The molecule has 5 heteroatoms. The second-order valence-corrected chi connectivity index (χ2v) is 14.9. The van der Waals surface area contributed by atoms with Crippen LogP contribution in [0.1, 0.15) is 113 Å². The molecule has 0 fully saturated rings. The number of carbonyl (C=O) groups is 1. The van der Waals surface area contributed by atoms with E-state index in [0.29, 0.717) is 5.92 Å². The molecule has 4 aromatic rings. The number of ketones is 1. The van der Waals surface area contributed by atoms with Crippen LogP contribution in [0.15, 0.2) is 78.8 Å². The van der Waals surface area contributed by atoms with Crippen LogP contribution in [0.4, 0.5) is 0 Å². The molecule has 1 N–H and O–H groups in total. The summed E-state index contributed by atoms with van der Waals surface area (Å²) >= 11 is 0. The standard InChI is InChI=1S/C28H29N2.C15H28O2.Ir/c1-19(2)14-20-10-12-21(13-11-20)26-17-27(30-18-29-26)23-15-22-8-6-7-9-24(22)25(16-23)28(3,4)5;1-7-14(5,8-2)12(16)11-13(17)15(6,9-3)10-4;/h6-13,16-19H,14H2,1-5H3;11,16H,7-10H2,1-6H3;/q-1;;/b;12-11-;. The van der Waals surface area contributed by atoms with E-state index in [9.17, 15) is 9.90 Å². The number of allylic oxidation sites excluding steroid dienone is 2. The van der Waals surface area contributed by atoms with Crippen LogP contribution in [-0.4, -0.2) is 20.9 Å². The average Bonchev–Trinajstić information content (AvgIpc) is 3.06. The van der Waals surface area contributed by atoms with Gasteiger partial charge in [-0.25, -0.2) is 4.98 Å². The van der Waals surface area contributed by atoms with Crippen molar-refractivity contribution in [1.82, 2.24) is 9.97 Å². The molecule has 0 aliphatic rings. The van der Waals surface area contributed by atoms with Gasteiger partial charge in [0.2, 0.25) is 0 Å². The number of fused-ring (bicyclic) bond motifs is 1. The van der Waals surface area contributed by atoms with E-state index in [1.807, 2.05) is 41.5 Å². The molecule has 0 saturated heterocycles. The van der Waals surface area contributed by atoms with Crippen LogP contribution in [0.2, 0.25) is 0 Å². The zero-order valence-corrected chi connectivity index (χ0v) is 33.5. The molecule has 0 amide bonds. The second-order valence-electron chi connectivity index (χ2n) is 14.9. The SMILES string of the molecule is CC(C)Cc1ccc(-c2cc(-c3[c-]c4ccccc4c(C(C)(C)C)c3)ncn2)cc1.CCC(C)(CC)C(=O)/C=C(\O)C(C)(CC)CC.[Ir]. The molecule has 0 unspecified atom stereocenters. The van der Waals surface area contributed by atoms with Crippen LogP contribution in [0.3, 0.4) is 0 Å². The van der Waals surface area contributed by atoms with Gasteiger partial charge in [0, 0.05) is 42.7 Å². The largest absolute Gasteiger partial charge is 0.512 e. The van der Waals surface area contributed by atoms with Crippen molar-refractivity contribution in [3.63, 3.8) is 0 Å². The summed E-state index contributed by atoms with van der Waals surface area (Å²) in [4.78, 5) is 21.3. The number of benzene rings is 3. The summed E-state index contributed by atoms with van der Waals surface area (Å²) in [5.74, 6) is 0.940. The Morgan fingerprint density at radius 2 is 1.38 bits per heavy atom. The van der Waals surface area contributed by atoms with Crippen molar-refractivity contribution in [1.29, 1.82) is 0 Å². The summed E-state index contributed by atoms with van der Waals surface area (Å²) in [5, 5.41) is 12.5. The fraction of sp³-hybridized carbons (Fsp3) is 0.465. The minimum Gasteiger partial charge on any atom is -0.512 e. The summed E-state index contributed by atoms with van der Waals surface area (Å²) in [6.07, 6.45) is 7.51. The van der Waals surface area contributed by atoms with Crippen molar-refractivity contribution >= 4 is 16.6 Å². The number of aromatic nitrogens is 2. The fourth-order valence-corrected chi connectivity index (χ4v) is 5.62. The molecular weight excluding hydrogens is 769 g/mol. The molecular formula is C43H57IrN2O2-. The second kappa shape index (κ2) is 17.5. The van der Waals surface area contributed by atoms with E-state index >= 15 is 0 Å². The van der Waals surface area contributed by atoms with Crippen LogP contribution >= 0.6 is 0 Å². The van der Waals surface area contributed by atoms with E-state index in [1.54, 1.807) is 6.33 Å². The summed E-state index contributed by atoms with van der Waals surface area (Å²) in [6, 6.07) is 25.1. The minimum absolute atomic E-state index is 0. The van der Waals surface area contributed by atoms with Crippen LogP contribution in [0.5, 0.6) is 0 Å². The van der Waals surface area contributed by atoms with Crippen LogP contribution in [-0.2, 0) is 36.7 Å². The van der Waals surface area contributed by atoms with Crippen LogP contribution in [0, 0.1) is 22.8 Å². The number of hydrogen-bond acceptors (Lipinski definition) is 4. The van der Waals surface area contributed by atoms with Gasteiger partial charge in [-0.05, 0) is 60.6 Å². The van der Waals surface area contributed by atoms with E-state index < -0.39 is 0 Å². The molecule has 4 nitrogen and oxygen atoms in total. The van der Waals surface area contributed by atoms with Gasteiger partial charge in [-0.1, -0.05) is 130 Å². The third kappa shape index (κ3) is 10.2. The van der Waals surface area contributed by atoms with Gasteiger partial charge in [-0.2, -0.15) is 0 Å². The summed E-state index contributed by atoms with van der Waals surface area (Å²) < 4.78 is 0. The molecule has 0 bridgehead atoms. The van der Waals surface area contributed by atoms with E-state index in [1.165, 1.54) is 22.6 Å². The predicted molar refractivity (Wildman–Crippen MR) is 200 cm³/mol. The van der Waals surface area contributed by atoms with Gasteiger partial charge in [0.1, 0.15) is 12.1 Å². The predicted octanol–water partition coefficient (Wildman–Crippen LogP) is 11.9. The minimum atomic E-state index is -0.337. The van der Waals surface area contributed by atoms with Crippen molar-refractivity contribution in [3.8, 4) is 22.5 Å². The zero-order chi connectivity index (χ0) is 35.0. The molecule has 0 aliphatic carbocycles. The maximum atomic E-state index is 12.2.